The van der Waals surface area contributed by atoms with Crippen molar-refractivity contribution in [1.82, 2.24) is 15.5 Å². The third-order valence-corrected chi connectivity index (χ3v) is 3.58. The van der Waals surface area contributed by atoms with Crippen molar-refractivity contribution in [1.29, 1.82) is 0 Å². The second kappa shape index (κ2) is 6.15. The lowest BCUT2D eigenvalue weighted by Gasteiger charge is -2.27. The fourth-order valence-electron chi connectivity index (χ4n) is 2.61. The van der Waals surface area contributed by atoms with Crippen LogP contribution in [0, 0.1) is 0 Å². The summed E-state index contributed by atoms with van der Waals surface area (Å²) in [6, 6.07) is -0.0805. The Balaban J connectivity index is 1.90. The quantitative estimate of drug-likeness (QED) is 0.579. The van der Waals surface area contributed by atoms with Crippen LogP contribution in [0.1, 0.15) is 25.7 Å². The van der Waals surface area contributed by atoms with Gasteiger partial charge in [-0.25, -0.2) is 0 Å². The molecule has 3 N–H and O–H groups in total. The minimum Gasteiger partial charge on any atom is -0.395 e. The van der Waals surface area contributed by atoms with Gasteiger partial charge in [-0.3, -0.25) is 9.59 Å². The van der Waals surface area contributed by atoms with Gasteiger partial charge >= 0.3 is 0 Å². The molecule has 2 atom stereocenters. The normalized spacial score (nSPS) is 27.3. The topological polar surface area (TPSA) is 81.7 Å². The first kappa shape index (κ1) is 13.3. The highest BCUT2D eigenvalue weighted by molar-refractivity contribution is 5.90. The van der Waals surface area contributed by atoms with Crippen LogP contribution in [0.3, 0.4) is 0 Å². The molecule has 0 aromatic carbocycles. The van der Waals surface area contributed by atoms with Gasteiger partial charge in [0.2, 0.25) is 11.8 Å². The van der Waals surface area contributed by atoms with Gasteiger partial charge in [-0.2, -0.15) is 0 Å². The summed E-state index contributed by atoms with van der Waals surface area (Å²) >= 11 is 0. The summed E-state index contributed by atoms with van der Waals surface area (Å²) in [5, 5.41) is 15.1. The minimum atomic E-state index is -0.398. The van der Waals surface area contributed by atoms with Crippen molar-refractivity contribution < 1.29 is 14.7 Å². The number of carbonyl (C=O) groups is 2. The summed E-state index contributed by atoms with van der Waals surface area (Å²) in [5.41, 5.74) is 0. The summed E-state index contributed by atoms with van der Waals surface area (Å²) in [5.74, 6) is -0.125. The van der Waals surface area contributed by atoms with Crippen molar-refractivity contribution in [3.8, 4) is 0 Å². The SMILES string of the molecule is O=C1CC[C@H](C(=O)N(CCO)CC2CCCN2)N1. The highest BCUT2D eigenvalue weighted by atomic mass is 16.3. The number of hydrogen-bond acceptors (Lipinski definition) is 4. The maximum atomic E-state index is 12.2. The fourth-order valence-corrected chi connectivity index (χ4v) is 2.61. The van der Waals surface area contributed by atoms with Crippen LogP contribution in [0.4, 0.5) is 0 Å². The average Bonchev–Trinajstić information content (AvgIpc) is 2.99. The second-order valence-corrected chi connectivity index (χ2v) is 4.96. The number of hydrogen-bond donors (Lipinski definition) is 3. The first-order valence-electron chi connectivity index (χ1n) is 6.63. The lowest BCUT2D eigenvalue weighted by atomic mass is 10.1. The lowest BCUT2D eigenvalue weighted by Crippen LogP contribution is -2.49. The van der Waals surface area contributed by atoms with E-state index in [4.69, 9.17) is 5.11 Å². The van der Waals surface area contributed by atoms with Crippen molar-refractivity contribution in [2.45, 2.75) is 37.8 Å². The summed E-state index contributed by atoms with van der Waals surface area (Å²) in [6.07, 6.45) is 3.18. The van der Waals surface area contributed by atoms with Crippen LogP contribution in [0.5, 0.6) is 0 Å². The maximum Gasteiger partial charge on any atom is 0.245 e. The Kier molecular flexibility index (Phi) is 4.54. The van der Waals surface area contributed by atoms with Crippen LogP contribution in [0.15, 0.2) is 0 Å². The number of rotatable bonds is 5. The zero-order chi connectivity index (χ0) is 13.0. The van der Waals surface area contributed by atoms with Crippen LogP contribution in [-0.4, -0.2) is 60.1 Å². The smallest absolute Gasteiger partial charge is 0.245 e. The molecule has 0 radical (unpaired) electrons. The predicted octanol–water partition coefficient (Wildman–Crippen LogP) is -1.16. The van der Waals surface area contributed by atoms with E-state index in [9.17, 15) is 9.59 Å². The molecule has 18 heavy (non-hydrogen) atoms. The Morgan fingerprint density at radius 2 is 2.28 bits per heavy atom. The van der Waals surface area contributed by atoms with Crippen molar-refractivity contribution in [2.75, 3.05) is 26.2 Å². The molecule has 102 valence electrons. The van der Waals surface area contributed by atoms with Gasteiger partial charge in [0.1, 0.15) is 6.04 Å². The number of nitrogens with one attached hydrogen (secondary N) is 2. The zero-order valence-corrected chi connectivity index (χ0v) is 10.5. The Hall–Kier alpha value is -1.14. The van der Waals surface area contributed by atoms with E-state index in [1.54, 1.807) is 4.90 Å². The second-order valence-electron chi connectivity index (χ2n) is 4.96. The molecule has 0 aromatic heterocycles. The van der Waals surface area contributed by atoms with E-state index in [2.05, 4.69) is 10.6 Å². The van der Waals surface area contributed by atoms with Gasteiger partial charge in [-0.1, -0.05) is 0 Å². The monoisotopic (exact) mass is 255 g/mol. The molecule has 2 aliphatic rings. The molecular weight excluding hydrogens is 234 g/mol. The Morgan fingerprint density at radius 1 is 1.44 bits per heavy atom. The number of aliphatic hydroxyl groups excluding tert-OH is 1. The Labute approximate surface area is 107 Å². The zero-order valence-electron chi connectivity index (χ0n) is 10.5. The molecule has 0 aromatic rings. The molecule has 0 spiro atoms. The van der Waals surface area contributed by atoms with Crippen molar-refractivity contribution in [3.05, 3.63) is 0 Å². The molecule has 2 amide bonds. The van der Waals surface area contributed by atoms with E-state index < -0.39 is 6.04 Å². The molecule has 6 nitrogen and oxygen atoms in total. The largest absolute Gasteiger partial charge is 0.395 e. The molecule has 2 heterocycles. The molecule has 2 rings (SSSR count). The van der Waals surface area contributed by atoms with E-state index in [1.807, 2.05) is 0 Å². The standard InChI is InChI=1S/C12H21N3O3/c16-7-6-15(8-9-2-1-5-13-9)12(18)10-3-4-11(17)14-10/h9-10,13,16H,1-8H2,(H,14,17)/t9?,10-/m1/s1. The lowest BCUT2D eigenvalue weighted by molar-refractivity contribution is -0.135. The van der Waals surface area contributed by atoms with Crippen LogP contribution < -0.4 is 10.6 Å². The van der Waals surface area contributed by atoms with Gasteiger partial charge in [-0.05, 0) is 25.8 Å². The number of carbonyl (C=O) groups excluding carboxylic acids is 2. The molecular formula is C12H21N3O3. The van der Waals surface area contributed by atoms with E-state index in [0.29, 0.717) is 32.0 Å². The highest BCUT2D eigenvalue weighted by Gasteiger charge is 2.31. The molecule has 0 saturated carbocycles. The third-order valence-electron chi connectivity index (χ3n) is 3.58. The number of aliphatic hydroxyl groups is 1. The summed E-state index contributed by atoms with van der Waals surface area (Å²) < 4.78 is 0. The van der Waals surface area contributed by atoms with Crippen molar-refractivity contribution in [2.24, 2.45) is 0 Å². The molecule has 2 saturated heterocycles. The molecule has 0 aliphatic carbocycles. The van der Waals surface area contributed by atoms with Gasteiger partial charge < -0.3 is 20.6 Å². The minimum absolute atomic E-state index is 0.0425. The third kappa shape index (κ3) is 3.20. The van der Waals surface area contributed by atoms with E-state index >= 15 is 0 Å². The highest BCUT2D eigenvalue weighted by Crippen LogP contribution is 2.12. The first-order chi connectivity index (χ1) is 8.70. The van der Waals surface area contributed by atoms with Gasteiger partial charge in [0, 0.05) is 25.6 Å². The van der Waals surface area contributed by atoms with Crippen molar-refractivity contribution in [3.63, 3.8) is 0 Å². The molecule has 2 aliphatic heterocycles. The summed E-state index contributed by atoms with van der Waals surface area (Å²) in [4.78, 5) is 25.0. The van der Waals surface area contributed by atoms with Crippen molar-refractivity contribution >= 4 is 11.8 Å². The van der Waals surface area contributed by atoms with Crippen LogP contribution in [0.25, 0.3) is 0 Å². The summed E-state index contributed by atoms with van der Waals surface area (Å²) in [7, 11) is 0. The molecule has 0 bridgehead atoms. The Morgan fingerprint density at radius 3 is 2.83 bits per heavy atom. The summed E-state index contributed by atoms with van der Waals surface area (Å²) in [6.45, 7) is 1.90. The van der Waals surface area contributed by atoms with Gasteiger partial charge in [0.15, 0.2) is 0 Å². The fraction of sp³-hybridized carbons (Fsp3) is 0.833. The average molecular weight is 255 g/mol. The van der Waals surface area contributed by atoms with E-state index in [0.717, 1.165) is 19.4 Å². The molecule has 1 unspecified atom stereocenters. The maximum absolute atomic E-state index is 12.2. The predicted molar refractivity (Wildman–Crippen MR) is 65.9 cm³/mol. The van der Waals surface area contributed by atoms with Gasteiger partial charge in [0.05, 0.1) is 6.61 Å². The van der Waals surface area contributed by atoms with Gasteiger partial charge in [0.25, 0.3) is 0 Å². The molecule has 6 heteroatoms. The van der Waals surface area contributed by atoms with E-state index in [-0.39, 0.29) is 18.4 Å². The van der Waals surface area contributed by atoms with Crippen LogP contribution >= 0.6 is 0 Å². The van der Waals surface area contributed by atoms with Gasteiger partial charge in [-0.15, -0.1) is 0 Å². The number of amides is 2. The first-order valence-corrected chi connectivity index (χ1v) is 6.63. The molecule has 2 fully saturated rings. The van der Waals surface area contributed by atoms with Crippen LogP contribution in [0.2, 0.25) is 0 Å². The number of nitrogens with zero attached hydrogens (tertiary/aromatic N) is 1. The van der Waals surface area contributed by atoms with Crippen LogP contribution in [-0.2, 0) is 9.59 Å². The van der Waals surface area contributed by atoms with E-state index in [1.165, 1.54) is 0 Å². The Bertz CT molecular complexity index is 316.